The third kappa shape index (κ3) is 4.04. The van der Waals surface area contributed by atoms with Crippen LogP contribution in [0.15, 0.2) is 0 Å². The first kappa shape index (κ1) is 19.2. The molecule has 6 heteroatoms. The molecule has 0 radical (unpaired) electrons. The van der Waals surface area contributed by atoms with Gasteiger partial charge in [0.25, 0.3) is 5.91 Å². The van der Waals surface area contributed by atoms with E-state index >= 15 is 0 Å². The minimum atomic E-state index is -0.506. The number of hydrogen-bond donors (Lipinski definition) is 1. The van der Waals surface area contributed by atoms with Crippen molar-refractivity contribution < 1.29 is 14.4 Å². The largest absolute Gasteiger partial charge is 0.335 e. The Morgan fingerprint density at radius 2 is 1.50 bits per heavy atom. The molecule has 146 valence electrons. The predicted octanol–water partition coefficient (Wildman–Crippen LogP) is 3.06. The van der Waals surface area contributed by atoms with E-state index in [1.54, 1.807) is 0 Å². The van der Waals surface area contributed by atoms with Gasteiger partial charge in [0.1, 0.15) is 12.6 Å². The lowest BCUT2D eigenvalue weighted by Crippen LogP contribution is -2.53. The van der Waals surface area contributed by atoms with E-state index in [0.717, 1.165) is 30.6 Å². The van der Waals surface area contributed by atoms with Gasteiger partial charge in [-0.3, -0.25) is 14.5 Å². The second kappa shape index (κ2) is 8.40. The average Bonchev–Trinajstić information content (AvgIpc) is 2.92. The van der Waals surface area contributed by atoms with E-state index < -0.39 is 12.1 Å². The molecule has 3 fully saturated rings. The summed E-state index contributed by atoms with van der Waals surface area (Å²) >= 11 is 0. The first-order valence-electron chi connectivity index (χ1n) is 10.4. The fraction of sp³-hybridized carbons (Fsp3) is 0.850. The maximum Gasteiger partial charge on any atom is 0.325 e. The quantitative estimate of drug-likeness (QED) is 0.763. The fourth-order valence-electron chi connectivity index (χ4n) is 4.78. The molecule has 2 aliphatic carbocycles. The van der Waals surface area contributed by atoms with E-state index in [4.69, 9.17) is 0 Å². The zero-order valence-electron chi connectivity index (χ0n) is 16.2. The summed E-state index contributed by atoms with van der Waals surface area (Å²) < 4.78 is 0. The Balaban J connectivity index is 1.72. The van der Waals surface area contributed by atoms with Crippen LogP contribution in [-0.2, 0) is 9.59 Å². The Kier molecular flexibility index (Phi) is 6.20. The van der Waals surface area contributed by atoms with Crippen LogP contribution >= 0.6 is 0 Å². The number of amides is 4. The molecule has 2 saturated carbocycles. The standard InChI is InChI=1S/C20H33N3O3/c1-14(2)18-19(25)22(20(26)21-18)13-17(24)23(15-9-5-3-6-10-15)16-11-7-4-8-12-16/h14-16,18H,3-13H2,1-2H3,(H,21,26). The summed E-state index contributed by atoms with van der Waals surface area (Å²) in [5.41, 5.74) is 0. The van der Waals surface area contributed by atoms with Crippen LogP contribution in [-0.4, -0.2) is 52.3 Å². The molecule has 1 atom stereocenters. The molecule has 0 bridgehead atoms. The van der Waals surface area contributed by atoms with E-state index in [1.807, 2.05) is 13.8 Å². The van der Waals surface area contributed by atoms with Crippen LogP contribution in [0.1, 0.15) is 78.1 Å². The van der Waals surface area contributed by atoms with Crippen molar-refractivity contribution in [3.63, 3.8) is 0 Å². The highest BCUT2D eigenvalue weighted by molar-refractivity contribution is 6.06. The molecule has 0 aromatic heterocycles. The highest BCUT2D eigenvalue weighted by atomic mass is 16.2. The van der Waals surface area contributed by atoms with Crippen LogP contribution in [0.3, 0.4) is 0 Å². The Hall–Kier alpha value is -1.59. The number of urea groups is 1. The lowest BCUT2D eigenvalue weighted by molar-refractivity contribution is -0.142. The molecule has 1 aliphatic heterocycles. The van der Waals surface area contributed by atoms with Crippen molar-refractivity contribution in [1.29, 1.82) is 0 Å². The summed E-state index contributed by atoms with van der Waals surface area (Å²) in [4.78, 5) is 41.2. The molecule has 1 heterocycles. The highest BCUT2D eigenvalue weighted by Crippen LogP contribution is 2.30. The van der Waals surface area contributed by atoms with Crippen molar-refractivity contribution >= 4 is 17.8 Å². The van der Waals surface area contributed by atoms with Gasteiger partial charge in [0.15, 0.2) is 0 Å². The van der Waals surface area contributed by atoms with Crippen molar-refractivity contribution in [3.8, 4) is 0 Å². The van der Waals surface area contributed by atoms with Gasteiger partial charge in [-0.25, -0.2) is 4.79 Å². The molecular weight excluding hydrogens is 330 g/mol. The SMILES string of the molecule is CC(C)C1NC(=O)N(CC(=O)N(C2CCCCC2)C2CCCCC2)C1=O. The zero-order chi connectivity index (χ0) is 18.7. The Bertz CT molecular complexity index is 518. The Labute approximate surface area is 156 Å². The molecule has 1 unspecified atom stereocenters. The summed E-state index contributed by atoms with van der Waals surface area (Å²) in [6.07, 6.45) is 11.4. The molecular formula is C20H33N3O3. The van der Waals surface area contributed by atoms with Crippen LogP contribution < -0.4 is 5.32 Å². The molecule has 0 aromatic rings. The van der Waals surface area contributed by atoms with Gasteiger partial charge >= 0.3 is 6.03 Å². The van der Waals surface area contributed by atoms with Gasteiger partial charge in [-0.05, 0) is 31.6 Å². The lowest BCUT2D eigenvalue weighted by Gasteiger charge is -2.42. The number of nitrogens with one attached hydrogen (secondary N) is 1. The highest BCUT2D eigenvalue weighted by Gasteiger charge is 2.42. The van der Waals surface area contributed by atoms with Crippen LogP contribution in [0, 0.1) is 5.92 Å². The normalized spacial score (nSPS) is 25.7. The molecule has 1 saturated heterocycles. The van der Waals surface area contributed by atoms with Crippen molar-refractivity contribution in [2.24, 2.45) is 5.92 Å². The molecule has 26 heavy (non-hydrogen) atoms. The first-order valence-corrected chi connectivity index (χ1v) is 10.4. The summed E-state index contributed by atoms with van der Waals surface area (Å²) in [6.45, 7) is 3.70. The van der Waals surface area contributed by atoms with Crippen molar-refractivity contribution in [2.75, 3.05) is 6.54 Å². The summed E-state index contributed by atoms with van der Waals surface area (Å²) in [6, 6.07) is -0.371. The van der Waals surface area contributed by atoms with Gasteiger partial charge < -0.3 is 10.2 Å². The number of carbonyl (C=O) groups is 3. The van der Waals surface area contributed by atoms with E-state index in [1.165, 1.54) is 38.5 Å². The number of imide groups is 1. The second-order valence-corrected chi connectivity index (χ2v) is 8.48. The third-order valence-electron chi connectivity index (χ3n) is 6.24. The number of rotatable bonds is 5. The maximum absolute atomic E-state index is 13.2. The first-order chi connectivity index (χ1) is 12.5. The van der Waals surface area contributed by atoms with Crippen molar-refractivity contribution in [1.82, 2.24) is 15.1 Å². The second-order valence-electron chi connectivity index (χ2n) is 8.48. The van der Waals surface area contributed by atoms with Gasteiger partial charge in [0, 0.05) is 12.1 Å². The van der Waals surface area contributed by atoms with Crippen LogP contribution in [0.5, 0.6) is 0 Å². The topological polar surface area (TPSA) is 69.7 Å². The minimum absolute atomic E-state index is 0.0272. The zero-order valence-corrected chi connectivity index (χ0v) is 16.2. The van der Waals surface area contributed by atoms with Crippen LogP contribution in [0.25, 0.3) is 0 Å². The molecule has 1 N–H and O–H groups in total. The Morgan fingerprint density at radius 3 is 1.92 bits per heavy atom. The van der Waals surface area contributed by atoms with Crippen molar-refractivity contribution in [2.45, 2.75) is 96.2 Å². The summed E-state index contributed by atoms with van der Waals surface area (Å²) in [5.74, 6) is -0.276. The van der Waals surface area contributed by atoms with Gasteiger partial charge in [0.2, 0.25) is 5.91 Å². The molecule has 4 amide bonds. The van der Waals surface area contributed by atoms with Gasteiger partial charge in [-0.1, -0.05) is 52.4 Å². The van der Waals surface area contributed by atoms with Crippen molar-refractivity contribution in [3.05, 3.63) is 0 Å². The summed E-state index contributed by atoms with van der Waals surface area (Å²) in [7, 11) is 0. The number of nitrogens with zero attached hydrogens (tertiary/aromatic N) is 2. The maximum atomic E-state index is 13.2. The van der Waals surface area contributed by atoms with Crippen LogP contribution in [0.2, 0.25) is 0 Å². The smallest absolute Gasteiger partial charge is 0.325 e. The molecule has 3 aliphatic rings. The van der Waals surface area contributed by atoms with E-state index in [2.05, 4.69) is 10.2 Å². The molecule has 0 spiro atoms. The molecule has 3 rings (SSSR count). The third-order valence-corrected chi connectivity index (χ3v) is 6.24. The minimum Gasteiger partial charge on any atom is -0.335 e. The monoisotopic (exact) mass is 363 g/mol. The Morgan fingerprint density at radius 1 is 1.00 bits per heavy atom. The molecule has 0 aromatic carbocycles. The van der Waals surface area contributed by atoms with E-state index in [9.17, 15) is 14.4 Å². The van der Waals surface area contributed by atoms with E-state index in [-0.39, 0.29) is 36.4 Å². The molecule has 6 nitrogen and oxygen atoms in total. The number of carbonyl (C=O) groups excluding carboxylic acids is 3. The average molecular weight is 364 g/mol. The van der Waals surface area contributed by atoms with Gasteiger partial charge in [-0.15, -0.1) is 0 Å². The fourth-order valence-corrected chi connectivity index (χ4v) is 4.78. The summed E-state index contributed by atoms with van der Waals surface area (Å²) in [5, 5.41) is 2.72. The van der Waals surface area contributed by atoms with Crippen LogP contribution in [0.4, 0.5) is 4.79 Å². The van der Waals surface area contributed by atoms with Gasteiger partial charge in [-0.2, -0.15) is 0 Å². The van der Waals surface area contributed by atoms with E-state index in [0.29, 0.717) is 0 Å². The predicted molar refractivity (Wildman–Crippen MR) is 99.5 cm³/mol. The van der Waals surface area contributed by atoms with Gasteiger partial charge in [0.05, 0.1) is 0 Å². The number of hydrogen-bond acceptors (Lipinski definition) is 3. The lowest BCUT2D eigenvalue weighted by atomic mass is 9.88.